The van der Waals surface area contributed by atoms with E-state index >= 15 is 0 Å². The molecule has 0 spiro atoms. The van der Waals surface area contributed by atoms with Crippen molar-refractivity contribution >= 4 is 11.6 Å². The van der Waals surface area contributed by atoms with Crippen LogP contribution in [-0.2, 0) is 11.8 Å². The molecule has 0 aliphatic carbocycles. The van der Waals surface area contributed by atoms with E-state index in [0.717, 1.165) is 17.1 Å². The number of carbonyl (C=O) groups excluding carboxylic acids is 1. The van der Waals surface area contributed by atoms with Gasteiger partial charge in [0.15, 0.2) is 5.82 Å². The Hall–Kier alpha value is -2.21. The van der Waals surface area contributed by atoms with Crippen molar-refractivity contribution in [2.75, 3.05) is 5.32 Å². The highest BCUT2D eigenvalue weighted by Gasteiger charge is 2.11. The van der Waals surface area contributed by atoms with Crippen molar-refractivity contribution in [1.82, 2.24) is 14.8 Å². The van der Waals surface area contributed by atoms with Crippen molar-refractivity contribution in [3.63, 3.8) is 0 Å². The lowest BCUT2D eigenvalue weighted by molar-refractivity contribution is -0.117. The molecule has 19 heavy (non-hydrogen) atoms. The Bertz CT molecular complexity index is 561. The first-order valence-electron chi connectivity index (χ1n) is 6.12. The summed E-state index contributed by atoms with van der Waals surface area (Å²) in [5, 5.41) is 10.6. The number of amides is 1. The predicted octanol–water partition coefficient (Wildman–Crippen LogP) is 1.16. The first-order chi connectivity index (χ1) is 9.11. The number of nitrogens with one attached hydrogen (secondary N) is 1. The van der Waals surface area contributed by atoms with Crippen LogP contribution < -0.4 is 11.1 Å². The Kier molecular flexibility index (Phi) is 3.91. The van der Waals surface area contributed by atoms with Crippen LogP contribution in [0.2, 0.25) is 0 Å². The van der Waals surface area contributed by atoms with Crippen molar-refractivity contribution in [2.24, 2.45) is 12.8 Å². The number of nitrogens with two attached hydrogens (primary N) is 1. The molecule has 0 unspecified atom stereocenters. The molecule has 0 aliphatic rings. The monoisotopic (exact) mass is 259 g/mol. The Morgan fingerprint density at radius 3 is 2.63 bits per heavy atom. The topological polar surface area (TPSA) is 85.8 Å². The highest BCUT2D eigenvalue weighted by molar-refractivity contribution is 5.94. The number of carbonyl (C=O) groups is 1. The normalized spacial score (nSPS) is 12.2. The third-order valence-corrected chi connectivity index (χ3v) is 2.90. The number of aromatic nitrogens is 3. The number of aryl methyl sites for hydroxylation is 1. The van der Waals surface area contributed by atoms with Gasteiger partial charge in [-0.25, -0.2) is 0 Å². The van der Waals surface area contributed by atoms with Crippen LogP contribution in [0.3, 0.4) is 0 Å². The molecule has 1 aromatic heterocycles. The summed E-state index contributed by atoms with van der Waals surface area (Å²) >= 11 is 0. The highest BCUT2D eigenvalue weighted by atomic mass is 16.2. The third kappa shape index (κ3) is 2.97. The van der Waals surface area contributed by atoms with E-state index in [1.165, 1.54) is 0 Å². The van der Waals surface area contributed by atoms with Crippen LogP contribution >= 0.6 is 0 Å². The van der Waals surface area contributed by atoms with Gasteiger partial charge >= 0.3 is 0 Å². The first kappa shape index (κ1) is 13.2. The Labute approximate surface area is 111 Å². The van der Waals surface area contributed by atoms with Gasteiger partial charge in [0.25, 0.3) is 0 Å². The summed E-state index contributed by atoms with van der Waals surface area (Å²) in [6.45, 7) is 1.88. The number of benzene rings is 1. The largest absolute Gasteiger partial charge is 0.325 e. The van der Waals surface area contributed by atoms with Crippen LogP contribution in [0.15, 0.2) is 30.6 Å². The minimum Gasteiger partial charge on any atom is -0.325 e. The maximum absolute atomic E-state index is 11.6. The molecule has 0 fully saturated rings. The molecule has 0 aliphatic heterocycles. The zero-order valence-corrected chi connectivity index (χ0v) is 11.0. The van der Waals surface area contributed by atoms with Crippen molar-refractivity contribution in [2.45, 2.75) is 19.4 Å². The van der Waals surface area contributed by atoms with Crippen LogP contribution in [0.4, 0.5) is 5.69 Å². The number of hydrogen-bond donors (Lipinski definition) is 2. The molecule has 0 radical (unpaired) electrons. The van der Waals surface area contributed by atoms with Gasteiger partial charge in [0.2, 0.25) is 5.91 Å². The Morgan fingerprint density at radius 2 is 2.11 bits per heavy atom. The summed E-state index contributed by atoms with van der Waals surface area (Å²) in [4.78, 5) is 11.6. The van der Waals surface area contributed by atoms with Crippen LogP contribution in [0.1, 0.15) is 13.3 Å². The molecule has 2 aromatic rings. The molecule has 0 bridgehead atoms. The second-order valence-corrected chi connectivity index (χ2v) is 4.35. The average molecular weight is 259 g/mol. The van der Waals surface area contributed by atoms with Crippen LogP contribution in [0, 0.1) is 0 Å². The number of rotatable bonds is 4. The smallest absolute Gasteiger partial charge is 0.241 e. The summed E-state index contributed by atoms with van der Waals surface area (Å²) in [6, 6.07) is 6.95. The van der Waals surface area contributed by atoms with Crippen LogP contribution in [-0.4, -0.2) is 26.7 Å². The minimum atomic E-state index is -0.474. The van der Waals surface area contributed by atoms with E-state index in [1.54, 1.807) is 6.33 Å². The fourth-order valence-electron chi connectivity index (χ4n) is 1.67. The lowest BCUT2D eigenvalue weighted by Crippen LogP contribution is -2.34. The van der Waals surface area contributed by atoms with Crippen molar-refractivity contribution in [1.29, 1.82) is 0 Å². The van der Waals surface area contributed by atoms with Gasteiger partial charge in [-0.05, 0) is 30.7 Å². The molecular weight excluding hydrogens is 242 g/mol. The summed E-state index contributed by atoms with van der Waals surface area (Å²) < 4.78 is 1.83. The van der Waals surface area contributed by atoms with E-state index in [1.807, 2.05) is 42.8 Å². The van der Waals surface area contributed by atoms with E-state index in [2.05, 4.69) is 15.5 Å². The van der Waals surface area contributed by atoms with Gasteiger partial charge in [-0.2, -0.15) is 0 Å². The standard InChI is InChI=1S/C13H17N5O/c1-3-11(14)13(19)16-10-6-4-9(5-7-10)12-17-15-8-18(12)2/h4-8,11H,3,14H2,1-2H3,(H,16,19)/t11-/m1/s1. The molecule has 3 N–H and O–H groups in total. The summed E-state index contributed by atoms with van der Waals surface area (Å²) in [6.07, 6.45) is 2.26. The molecule has 0 saturated carbocycles. The van der Waals surface area contributed by atoms with E-state index in [4.69, 9.17) is 5.73 Å². The summed E-state index contributed by atoms with van der Waals surface area (Å²) in [7, 11) is 1.88. The Morgan fingerprint density at radius 1 is 1.42 bits per heavy atom. The maximum atomic E-state index is 11.6. The molecule has 1 heterocycles. The molecule has 1 aromatic carbocycles. The fourth-order valence-corrected chi connectivity index (χ4v) is 1.67. The fraction of sp³-hybridized carbons (Fsp3) is 0.308. The molecule has 100 valence electrons. The van der Waals surface area contributed by atoms with Gasteiger partial charge in [0, 0.05) is 18.3 Å². The quantitative estimate of drug-likeness (QED) is 0.862. The van der Waals surface area contributed by atoms with Gasteiger partial charge in [-0.1, -0.05) is 6.92 Å². The molecule has 6 heteroatoms. The van der Waals surface area contributed by atoms with Gasteiger partial charge in [-0.15, -0.1) is 10.2 Å². The van der Waals surface area contributed by atoms with Crippen molar-refractivity contribution in [3.05, 3.63) is 30.6 Å². The minimum absolute atomic E-state index is 0.172. The first-order valence-corrected chi connectivity index (χ1v) is 6.12. The molecule has 6 nitrogen and oxygen atoms in total. The van der Waals surface area contributed by atoms with E-state index < -0.39 is 6.04 Å². The second kappa shape index (κ2) is 5.62. The molecule has 1 atom stereocenters. The zero-order chi connectivity index (χ0) is 13.8. The molecule has 0 saturated heterocycles. The average Bonchev–Trinajstić information content (AvgIpc) is 2.85. The zero-order valence-electron chi connectivity index (χ0n) is 11.0. The van der Waals surface area contributed by atoms with Gasteiger partial charge in [0.05, 0.1) is 6.04 Å². The van der Waals surface area contributed by atoms with Gasteiger partial charge in [0.1, 0.15) is 6.33 Å². The van der Waals surface area contributed by atoms with E-state index in [0.29, 0.717) is 6.42 Å². The van der Waals surface area contributed by atoms with Gasteiger partial charge < -0.3 is 15.6 Å². The van der Waals surface area contributed by atoms with E-state index in [-0.39, 0.29) is 5.91 Å². The van der Waals surface area contributed by atoms with E-state index in [9.17, 15) is 4.79 Å². The number of hydrogen-bond acceptors (Lipinski definition) is 4. The van der Waals surface area contributed by atoms with Gasteiger partial charge in [-0.3, -0.25) is 4.79 Å². The second-order valence-electron chi connectivity index (χ2n) is 4.35. The van der Waals surface area contributed by atoms with Crippen LogP contribution in [0.25, 0.3) is 11.4 Å². The summed E-state index contributed by atoms with van der Waals surface area (Å²) in [5.41, 5.74) is 7.32. The highest BCUT2D eigenvalue weighted by Crippen LogP contribution is 2.18. The SMILES string of the molecule is CC[C@@H](N)C(=O)Nc1ccc(-c2nncn2C)cc1. The number of anilines is 1. The molecule has 1 amide bonds. The predicted molar refractivity (Wildman–Crippen MR) is 73.3 cm³/mol. The Balaban J connectivity index is 2.11. The van der Waals surface area contributed by atoms with Crippen molar-refractivity contribution < 1.29 is 4.79 Å². The summed E-state index contributed by atoms with van der Waals surface area (Å²) in [5.74, 6) is 0.608. The molecular formula is C13H17N5O. The van der Waals surface area contributed by atoms with Crippen LogP contribution in [0.5, 0.6) is 0 Å². The molecule has 2 rings (SSSR count). The van der Waals surface area contributed by atoms with Crippen molar-refractivity contribution in [3.8, 4) is 11.4 Å². The lowest BCUT2D eigenvalue weighted by atomic mass is 10.2. The maximum Gasteiger partial charge on any atom is 0.241 e. The lowest BCUT2D eigenvalue weighted by Gasteiger charge is -2.10. The number of nitrogens with zero attached hydrogens (tertiary/aromatic N) is 3. The third-order valence-electron chi connectivity index (χ3n) is 2.90.